The Morgan fingerprint density at radius 2 is 1.82 bits per heavy atom. The number of carbonyl (C=O) groups excluding carboxylic acids is 1. The van der Waals surface area contributed by atoms with Gasteiger partial charge in [-0.1, -0.05) is 50.1 Å². The van der Waals surface area contributed by atoms with E-state index in [9.17, 15) is 9.18 Å². The average Bonchev–Trinajstić information content (AvgIpc) is 3.56. The number of fused-ring (bicyclic) bond motifs is 2. The van der Waals surface area contributed by atoms with Crippen LogP contribution >= 0.6 is 11.3 Å². The van der Waals surface area contributed by atoms with Crippen LogP contribution in [0.2, 0.25) is 0 Å². The minimum absolute atomic E-state index is 0.0495. The van der Waals surface area contributed by atoms with Gasteiger partial charge < -0.3 is 14.2 Å². The molecule has 4 heterocycles. The first-order valence-corrected chi connectivity index (χ1v) is 16.4. The normalized spacial score (nSPS) is 16.2. The average molecular weight is 609 g/mol. The number of rotatable bonds is 6. The van der Waals surface area contributed by atoms with Gasteiger partial charge in [0.15, 0.2) is 0 Å². The molecule has 0 N–H and O–H groups in total. The fourth-order valence-electron chi connectivity index (χ4n) is 7.04. The molecule has 1 saturated heterocycles. The van der Waals surface area contributed by atoms with Gasteiger partial charge in [0.1, 0.15) is 12.4 Å². The summed E-state index contributed by atoms with van der Waals surface area (Å²) < 4.78 is 22.1. The van der Waals surface area contributed by atoms with E-state index in [0.717, 1.165) is 67.2 Å². The number of aromatic nitrogens is 3. The molecule has 1 aliphatic carbocycles. The van der Waals surface area contributed by atoms with Crippen LogP contribution in [0.3, 0.4) is 0 Å². The van der Waals surface area contributed by atoms with Gasteiger partial charge in [0, 0.05) is 34.9 Å². The number of ether oxygens (including phenoxy) is 1. The molecule has 1 aliphatic heterocycles. The molecule has 8 heteroatoms. The van der Waals surface area contributed by atoms with E-state index in [4.69, 9.17) is 9.72 Å². The molecule has 44 heavy (non-hydrogen) atoms. The number of amides is 1. The summed E-state index contributed by atoms with van der Waals surface area (Å²) in [5.74, 6) is -0.0542. The second kappa shape index (κ2) is 11.9. The van der Waals surface area contributed by atoms with Crippen LogP contribution in [0.4, 0.5) is 4.39 Å². The highest BCUT2D eigenvalue weighted by Gasteiger charge is 2.29. The smallest absolute Gasteiger partial charge is 0.242 e. The van der Waals surface area contributed by atoms with Crippen molar-refractivity contribution in [3.8, 4) is 21.8 Å². The van der Waals surface area contributed by atoms with E-state index in [0.29, 0.717) is 37.8 Å². The van der Waals surface area contributed by atoms with E-state index in [1.807, 2.05) is 36.9 Å². The molecule has 226 valence electrons. The fraction of sp³-hybridized carbons (Fsp3) is 0.361. The molecular formula is C36H37FN4O2S. The Labute approximate surface area is 261 Å². The van der Waals surface area contributed by atoms with Crippen LogP contribution in [0.1, 0.15) is 59.9 Å². The zero-order valence-corrected chi connectivity index (χ0v) is 26.2. The van der Waals surface area contributed by atoms with Crippen LogP contribution in [-0.4, -0.2) is 51.6 Å². The lowest BCUT2D eigenvalue weighted by atomic mass is 9.81. The molecule has 0 spiro atoms. The third-order valence-corrected chi connectivity index (χ3v) is 10.3. The van der Waals surface area contributed by atoms with Crippen LogP contribution in [0.25, 0.3) is 49.5 Å². The SMILES string of the molecule is C=C(F)c1ccc2c(C3CCCCC3)c(-c3ccc4nc(-c5sc(C)nc5C)ccc4c3)n(CC(=O)N3CCOCC3)c2c1. The van der Waals surface area contributed by atoms with Gasteiger partial charge in [-0.25, -0.2) is 14.4 Å². The molecule has 0 unspecified atom stereocenters. The Bertz CT molecular complexity index is 1900. The molecule has 2 fully saturated rings. The largest absolute Gasteiger partial charge is 0.378 e. The van der Waals surface area contributed by atoms with Gasteiger partial charge in [-0.2, -0.15) is 0 Å². The lowest BCUT2D eigenvalue weighted by Gasteiger charge is -2.28. The van der Waals surface area contributed by atoms with Crippen molar-refractivity contribution in [3.63, 3.8) is 0 Å². The Morgan fingerprint density at radius 1 is 1.02 bits per heavy atom. The second-order valence-electron chi connectivity index (χ2n) is 12.1. The minimum Gasteiger partial charge on any atom is -0.378 e. The van der Waals surface area contributed by atoms with Gasteiger partial charge in [-0.15, -0.1) is 11.3 Å². The number of morpholine rings is 1. The second-order valence-corrected chi connectivity index (χ2v) is 13.3. The molecule has 7 rings (SSSR count). The fourth-order valence-corrected chi connectivity index (χ4v) is 7.93. The Morgan fingerprint density at radius 3 is 2.55 bits per heavy atom. The Balaban J connectivity index is 1.41. The van der Waals surface area contributed by atoms with Gasteiger partial charge in [0.05, 0.1) is 45.7 Å². The van der Waals surface area contributed by atoms with Crippen LogP contribution in [0.15, 0.2) is 55.1 Å². The molecule has 0 radical (unpaired) electrons. The van der Waals surface area contributed by atoms with E-state index >= 15 is 0 Å². The maximum atomic E-state index is 14.5. The number of nitrogens with zero attached hydrogens (tertiary/aromatic N) is 4. The quantitative estimate of drug-likeness (QED) is 0.194. The standard InChI is InChI=1S/C36H37FN4O2S/c1-22(37)26-9-12-29-32(20-26)41(21-33(42)40-15-17-43-18-16-40)35(34(29)25-7-5-4-6-8-25)28-11-13-30-27(19-28)10-14-31(39-30)36-23(2)38-24(3)44-36/h9-14,19-20,25H,1,4-8,15-18,21H2,2-3H3. The highest BCUT2D eigenvalue weighted by Crippen LogP contribution is 2.45. The zero-order chi connectivity index (χ0) is 30.4. The molecule has 3 aromatic heterocycles. The predicted octanol–water partition coefficient (Wildman–Crippen LogP) is 8.44. The summed E-state index contributed by atoms with van der Waals surface area (Å²) in [5, 5.41) is 3.16. The van der Waals surface area contributed by atoms with E-state index in [2.05, 4.69) is 46.5 Å². The zero-order valence-electron chi connectivity index (χ0n) is 25.4. The van der Waals surface area contributed by atoms with E-state index in [1.165, 1.54) is 24.8 Å². The highest BCUT2D eigenvalue weighted by atomic mass is 32.1. The van der Waals surface area contributed by atoms with Crippen molar-refractivity contribution in [1.82, 2.24) is 19.4 Å². The first-order valence-electron chi connectivity index (χ1n) is 15.6. The third kappa shape index (κ3) is 5.35. The summed E-state index contributed by atoms with van der Waals surface area (Å²) in [6, 6.07) is 16.4. The molecule has 5 aromatic rings. The van der Waals surface area contributed by atoms with Crippen molar-refractivity contribution in [2.45, 2.75) is 58.4 Å². The molecule has 0 atom stereocenters. The van der Waals surface area contributed by atoms with Crippen molar-refractivity contribution < 1.29 is 13.9 Å². The minimum atomic E-state index is -0.473. The summed E-state index contributed by atoms with van der Waals surface area (Å²) in [6.07, 6.45) is 5.82. The summed E-state index contributed by atoms with van der Waals surface area (Å²) in [4.78, 5) is 26.3. The van der Waals surface area contributed by atoms with Crippen LogP contribution < -0.4 is 0 Å². The van der Waals surface area contributed by atoms with Gasteiger partial charge >= 0.3 is 0 Å². The number of pyridine rings is 1. The van der Waals surface area contributed by atoms with Crippen molar-refractivity contribution in [3.05, 3.63) is 76.9 Å². The Hall–Kier alpha value is -3.88. The number of carbonyl (C=O) groups is 1. The lowest BCUT2D eigenvalue weighted by molar-refractivity contribution is -0.135. The number of halogens is 1. The summed E-state index contributed by atoms with van der Waals surface area (Å²) >= 11 is 1.66. The number of benzene rings is 2. The van der Waals surface area contributed by atoms with Crippen LogP contribution in [-0.2, 0) is 16.1 Å². The van der Waals surface area contributed by atoms with Crippen molar-refractivity contribution in [2.75, 3.05) is 26.3 Å². The molecule has 2 aliphatic rings. The number of hydrogen-bond acceptors (Lipinski definition) is 5. The lowest BCUT2D eigenvalue weighted by Crippen LogP contribution is -2.42. The third-order valence-electron chi connectivity index (χ3n) is 9.19. The number of aryl methyl sites for hydroxylation is 2. The summed E-state index contributed by atoms with van der Waals surface area (Å²) in [5.41, 5.74) is 7.53. The first kappa shape index (κ1) is 28.9. The molecule has 2 aromatic carbocycles. The van der Waals surface area contributed by atoms with Gasteiger partial charge in [-0.05, 0) is 68.0 Å². The number of hydrogen-bond donors (Lipinski definition) is 0. The maximum absolute atomic E-state index is 14.5. The van der Waals surface area contributed by atoms with E-state index in [-0.39, 0.29) is 12.5 Å². The van der Waals surface area contributed by atoms with Crippen LogP contribution in [0, 0.1) is 13.8 Å². The molecule has 0 bridgehead atoms. The van der Waals surface area contributed by atoms with Crippen LogP contribution in [0.5, 0.6) is 0 Å². The van der Waals surface area contributed by atoms with Crippen molar-refractivity contribution in [2.24, 2.45) is 0 Å². The molecule has 6 nitrogen and oxygen atoms in total. The topological polar surface area (TPSA) is 60.2 Å². The van der Waals surface area contributed by atoms with E-state index in [1.54, 1.807) is 11.3 Å². The first-order chi connectivity index (χ1) is 21.4. The van der Waals surface area contributed by atoms with Crippen molar-refractivity contribution >= 4 is 44.9 Å². The monoisotopic (exact) mass is 608 g/mol. The summed E-state index contributed by atoms with van der Waals surface area (Å²) in [6.45, 7) is 10.1. The molecule has 1 amide bonds. The Kier molecular flexibility index (Phi) is 7.81. The van der Waals surface area contributed by atoms with E-state index < -0.39 is 5.83 Å². The summed E-state index contributed by atoms with van der Waals surface area (Å²) in [7, 11) is 0. The van der Waals surface area contributed by atoms with Crippen molar-refractivity contribution in [1.29, 1.82) is 0 Å². The maximum Gasteiger partial charge on any atom is 0.242 e. The highest BCUT2D eigenvalue weighted by molar-refractivity contribution is 7.15. The van der Waals surface area contributed by atoms with Gasteiger partial charge in [0.2, 0.25) is 5.91 Å². The molecular weight excluding hydrogens is 571 g/mol. The van der Waals surface area contributed by atoms with Gasteiger partial charge in [0.25, 0.3) is 0 Å². The molecule has 1 saturated carbocycles. The van der Waals surface area contributed by atoms with Gasteiger partial charge in [-0.3, -0.25) is 4.79 Å². The predicted molar refractivity (Wildman–Crippen MR) is 177 cm³/mol. The number of thiazole rings is 1.